The van der Waals surface area contributed by atoms with Gasteiger partial charge in [-0.2, -0.15) is 0 Å². The molecule has 0 fully saturated rings. The van der Waals surface area contributed by atoms with Crippen LogP contribution in [0.15, 0.2) is 40.9 Å². The summed E-state index contributed by atoms with van der Waals surface area (Å²) in [5.74, 6) is 0.338. The first kappa shape index (κ1) is 15.8. The molecule has 0 unspecified atom stereocenters. The first-order valence-electron chi connectivity index (χ1n) is 6.70. The van der Waals surface area contributed by atoms with E-state index in [1.54, 1.807) is 18.2 Å². The lowest BCUT2D eigenvalue weighted by molar-refractivity contribution is 0.316. The number of ether oxygens (including phenoxy) is 1. The van der Waals surface area contributed by atoms with E-state index in [1.807, 2.05) is 19.1 Å². The van der Waals surface area contributed by atoms with Crippen molar-refractivity contribution in [3.05, 3.63) is 57.8 Å². The molecule has 0 aromatic heterocycles. The van der Waals surface area contributed by atoms with Gasteiger partial charge in [-0.05, 0) is 31.2 Å². The van der Waals surface area contributed by atoms with Crippen molar-refractivity contribution in [2.75, 3.05) is 6.61 Å². The summed E-state index contributed by atoms with van der Waals surface area (Å²) in [7, 11) is 0. The molecule has 0 aliphatic carbocycles. The summed E-state index contributed by atoms with van der Waals surface area (Å²) in [4.78, 5) is 0. The van der Waals surface area contributed by atoms with Crippen LogP contribution in [0.4, 0.5) is 4.39 Å². The number of benzene rings is 2. The fourth-order valence-electron chi connectivity index (χ4n) is 1.99. The molecule has 0 heterocycles. The summed E-state index contributed by atoms with van der Waals surface area (Å²) in [5.41, 5.74) is 1.29. The Kier molecular flexibility index (Phi) is 5.59. The van der Waals surface area contributed by atoms with E-state index in [1.165, 1.54) is 6.07 Å². The molecular weight excluding hydrogens is 337 g/mol. The maximum Gasteiger partial charge on any atom is 0.162 e. The molecule has 0 aliphatic rings. The Morgan fingerprint density at radius 1 is 1.19 bits per heavy atom. The molecule has 0 saturated heterocycles. The minimum atomic E-state index is -0.252. The highest BCUT2D eigenvalue weighted by molar-refractivity contribution is 9.10. The van der Waals surface area contributed by atoms with Crippen molar-refractivity contribution in [1.29, 1.82) is 0 Å². The lowest BCUT2D eigenvalue weighted by atomic mass is 10.1. The zero-order valence-electron chi connectivity index (χ0n) is 11.7. The maximum atomic E-state index is 13.6. The zero-order valence-corrected chi connectivity index (χ0v) is 13.3. The number of phenolic OH excluding ortho intramolecular Hbond substituents is 1. The average Bonchev–Trinajstić information content (AvgIpc) is 2.47. The molecule has 0 aliphatic heterocycles. The molecule has 0 bridgehead atoms. The van der Waals surface area contributed by atoms with Crippen molar-refractivity contribution in [2.24, 2.45) is 0 Å². The van der Waals surface area contributed by atoms with Gasteiger partial charge in [-0.15, -0.1) is 0 Å². The van der Waals surface area contributed by atoms with E-state index in [-0.39, 0.29) is 11.6 Å². The fraction of sp³-hybridized carbons (Fsp3) is 0.250. The normalized spacial score (nSPS) is 10.6. The van der Waals surface area contributed by atoms with E-state index in [0.717, 1.165) is 10.0 Å². The Hall–Kier alpha value is -1.59. The highest BCUT2D eigenvalue weighted by Crippen LogP contribution is 2.29. The third kappa shape index (κ3) is 4.19. The second-order valence-electron chi connectivity index (χ2n) is 4.54. The van der Waals surface area contributed by atoms with Crippen molar-refractivity contribution in [3.63, 3.8) is 0 Å². The first-order chi connectivity index (χ1) is 10.1. The van der Waals surface area contributed by atoms with Crippen molar-refractivity contribution < 1.29 is 14.2 Å². The molecule has 5 heteroatoms. The van der Waals surface area contributed by atoms with Gasteiger partial charge in [0.25, 0.3) is 0 Å². The third-order valence-corrected chi connectivity index (χ3v) is 3.51. The smallest absolute Gasteiger partial charge is 0.162 e. The summed E-state index contributed by atoms with van der Waals surface area (Å²) in [6, 6.07) is 10.2. The molecule has 0 spiro atoms. The van der Waals surface area contributed by atoms with Gasteiger partial charge in [-0.1, -0.05) is 28.1 Å². The maximum absolute atomic E-state index is 13.6. The number of hydrogen-bond donors (Lipinski definition) is 2. The monoisotopic (exact) mass is 353 g/mol. The van der Waals surface area contributed by atoms with Gasteiger partial charge in [0.15, 0.2) is 11.5 Å². The van der Waals surface area contributed by atoms with Crippen LogP contribution in [0.5, 0.6) is 11.5 Å². The van der Waals surface area contributed by atoms with Gasteiger partial charge in [0.1, 0.15) is 5.82 Å². The Morgan fingerprint density at radius 2 is 1.95 bits per heavy atom. The van der Waals surface area contributed by atoms with Crippen LogP contribution in [-0.2, 0) is 13.1 Å². The predicted molar refractivity (Wildman–Crippen MR) is 83.9 cm³/mol. The van der Waals surface area contributed by atoms with Gasteiger partial charge in [0, 0.05) is 28.7 Å². The lowest BCUT2D eigenvalue weighted by Gasteiger charge is -2.11. The van der Waals surface area contributed by atoms with Gasteiger partial charge in [-0.3, -0.25) is 0 Å². The van der Waals surface area contributed by atoms with E-state index < -0.39 is 0 Å². The second kappa shape index (κ2) is 7.43. The Morgan fingerprint density at radius 3 is 2.71 bits per heavy atom. The first-order valence-corrected chi connectivity index (χ1v) is 7.49. The van der Waals surface area contributed by atoms with Gasteiger partial charge in [0.05, 0.1) is 6.61 Å². The summed E-state index contributed by atoms with van der Waals surface area (Å²) in [6.45, 7) is 3.16. The second-order valence-corrected chi connectivity index (χ2v) is 5.45. The van der Waals surface area contributed by atoms with Gasteiger partial charge >= 0.3 is 0 Å². The molecule has 112 valence electrons. The Labute approximate surface area is 131 Å². The van der Waals surface area contributed by atoms with Crippen molar-refractivity contribution in [2.45, 2.75) is 20.0 Å². The number of nitrogens with one attached hydrogen (secondary N) is 1. The van der Waals surface area contributed by atoms with Crippen LogP contribution < -0.4 is 10.1 Å². The zero-order chi connectivity index (χ0) is 15.2. The topological polar surface area (TPSA) is 41.5 Å². The van der Waals surface area contributed by atoms with Gasteiger partial charge in [-0.25, -0.2) is 4.39 Å². The van der Waals surface area contributed by atoms with Crippen LogP contribution in [0.25, 0.3) is 0 Å². The molecule has 2 aromatic carbocycles. The molecule has 0 radical (unpaired) electrons. The van der Waals surface area contributed by atoms with E-state index >= 15 is 0 Å². The highest BCUT2D eigenvalue weighted by atomic mass is 79.9. The summed E-state index contributed by atoms with van der Waals surface area (Å²) in [5, 5.41) is 13.2. The molecule has 2 aromatic rings. The van der Waals surface area contributed by atoms with Crippen molar-refractivity contribution >= 4 is 15.9 Å². The summed E-state index contributed by atoms with van der Waals surface area (Å²) < 4.78 is 19.8. The number of hydrogen-bond acceptors (Lipinski definition) is 3. The molecule has 0 amide bonds. The van der Waals surface area contributed by atoms with E-state index in [4.69, 9.17) is 4.74 Å². The van der Waals surface area contributed by atoms with Gasteiger partial charge in [0.2, 0.25) is 0 Å². The van der Waals surface area contributed by atoms with Crippen LogP contribution in [0.2, 0.25) is 0 Å². The Balaban J connectivity index is 2.00. The van der Waals surface area contributed by atoms with Crippen LogP contribution in [-0.4, -0.2) is 11.7 Å². The molecular formula is C16H17BrFNO2. The largest absolute Gasteiger partial charge is 0.504 e. The molecule has 2 rings (SSSR count). The average molecular weight is 354 g/mol. The molecule has 3 nitrogen and oxygen atoms in total. The summed E-state index contributed by atoms with van der Waals surface area (Å²) >= 11 is 3.32. The molecule has 21 heavy (non-hydrogen) atoms. The number of rotatable bonds is 6. The fourth-order valence-corrected chi connectivity index (χ4v) is 2.40. The molecule has 0 saturated carbocycles. The molecule has 2 N–H and O–H groups in total. The predicted octanol–water partition coefficient (Wildman–Crippen LogP) is 3.98. The van der Waals surface area contributed by atoms with Crippen molar-refractivity contribution in [3.8, 4) is 11.5 Å². The van der Waals surface area contributed by atoms with Crippen LogP contribution in [0.3, 0.4) is 0 Å². The summed E-state index contributed by atoms with van der Waals surface area (Å²) in [6.07, 6.45) is 0. The number of aromatic hydroxyl groups is 1. The van der Waals surface area contributed by atoms with E-state index in [9.17, 15) is 9.50 Å². The third-order valence-electron chi connectivity index (χ3n) is 3.02. The van der Waals surface area contributed by atoms with E-state index in [2.05, 4.69) is 21.2 Å². The lowest BCUT2D eigenvalue weighted by Crippen LogP contribution is -2.14. The molecule has 0 atom stereocenters. The quantitative estimate of drug-likeness (QED) is 0.825. The standard InChI is InChI=1S/C16H17BrFNO2/c1-2-21-15-5-3-4-11(16(15)20)9-19-10-12-8-13(17)6-7-14(12)18/h3-8,19-20H,2,9-10H2,1H3. The number of phenols is 1. The minimum Gasteiger partial charge on any atom is -0.504 e. The van der Waals surface area contributed by atoms with Crippen LogP contribution >= 0.6 is 15.9 Å². The Bertz CT molecular complexity index is 619. The number of halogens is 2. The van der Waals surface area contributed by atoms with Gasteiger partial charge < -0.3 is 15.2 Å². The van der Waals surface area contributed by atoms with Crippen LogP contribution in [0, 0.1) is 5.82 Å². The van der Waals surface area contributed by atoms with Crippen molar-refractivity contribution in [1.82, 2.24) is 5.32 Å². The number of para-hydroxylation sites is 1. The van der Waals surface area contributed by atoms with E-state index in [0.29, 0.717) is 31.0 Å². The SMILES string of the molecule is CCOc1cccc(CNCc2cc(Br)ccc2F)c1O. The minimum absolute atomic E-state index is 0.126. The van der Waals surface area contributed by atoms with Crippen LogP contribution in [0.1, 0.15) is 18.1 Å². The highest BCUT2D eigenvalue weighted by Gasteiger charge is 2.08.